The predicted molar refractivity (Wildman–Crippen MR) is 71.4 cm³/mol. The molecule has 2 aromatic heterocycles. The van der Waals surface area contributed by atoms with Gasteiger partial charge in [0.25, 0.3) is 11.3 Å². The molecule has 9 nitrogen and oxygen atoms in total. The van der Waals surface area contributed by atoms with Gasteiger partial charge in [-0.2, -0.15) is 9.63 Å². The van der Waals surface area contributed by atoms with Crippen LogP contribution in [0.4, 0.5) is 17.2 Å². The summed E-state index contributed by atoms with van der Waals surface area (Å²) < 4.78 is 1.16. The number of azo groups is 1. The number of fused-ring (bicyclic) bond motifs is 1. The van der Waals surface area contributed by atoms with Crippen molar-refractivity contribution in [3.63, 3.8) is 0 Å². The van der Waals surface area contributed by atoms with Crippen LogP contribution in [0.2, 0.25) is 5.02 Å². The summed E-state index contributed by atoms with van der Waals surface area (Å²) in [5, 5.41) is 18.9. The molecule has 10 heteroatoms. The maximum Gasteiger partial charge on any atom is 0.282 e. The van der Waals surface area contributed by atoms with E-state index in [0.29, 0.717) is 10.7 Å². The number of benzene rings is 1. The molecule has 0 aliphatic rings. The molecule has 100 valence electrons. The molecule has 2 heterocycles. The van der Waals surface area contributed by atoms with Crippen molar-refractivity contribution < 1.29 is 0 Å². The molecule has 3 rings (SSSR count). The summed E-state index contributed by atoms with van der Waals surface area (Å²) in [6.45, 7) is 0. The molecule has 0 atom stereocenters. The van der Waals surface area contributed by atoms with E-state index in [0.717, 1.165) is 4.52 Å². The van der Waals surface area contributed by atoms with Gasteiger partial charge in [0, 0.05) is 5.02 Å². The minimum absolute atomic E-state index is 0.00598. The molecule has 0 fully saturated rings. The number of aromatic nitrogens is 5. The number of rotatable bonds is 2. The molecular formula is C10H7ClN8O. The first-order valence-electron chi connectivity index (χ1n) is 5.42. The largest absolute Gasteiger partial charge is 0.381 e. The number of hydrogen-bond donors (Lipinski definition) is 2. The number of nitrogens with zero attached hydrogens (tertiary/aromatic N) is 6. The Morgan fingerprint density at radius 1 is 1.25 bits per heavy atom. The highest BCUT2D eigenvalue weighted by Gasteiger charge is 2.11. The Morgan fingerprint density at radius 3 is 2.75 bits per heavy atom. The molecular weight excluding hydrogens is 284 g/mol. The zero-order valence-corrected chi connectivity index (χ0v) is 10.6. The third-order valence-electron chi connectivity index (χ3n) is 2.47. The van der Waals surface area contributed by atoms with Crippen LogP contribution in [-0.2, 0) is 0 Å². The van der Waals surface area contributed by atoms with Crippen molar-refractivity contribution in [2.75, 3.05) is 5.73 Å². The summed E-state index contributed by atoms with van der Waals surface area (Å²) in [5.41, 5.74) is 5.72. The highest BCUT2D eigenvalue weighted by molar-refractivity contribution is 6.30. The van der Waals surface area contributed by atoms with Crippen molar-refractivity contribution >= 4 is 34.6 Å². The zero-order chi connectivity index (χ0) is 14.1. The molecule has 0 amide bonds. The number of aromatic amines is 1. The van der Waals surface area contributed by atoms with Crippen LogP contribution in [-0.4, -0.2) is 25.0 Å². The van der Waals surface area contributed by atoms with Crippen molar-refractivity contribution in [2.45, 2.75) is 0 Å². The molecule has 0 aliphatic carbocycles. The third kappa shape index (κ3) is 2.10. The smallest absolute Gasteiger partial charge is 0.282 e. The molecule has 20 heavy (non-hydrogen) atoms. The van der Waals surface area contributed by atoms with E-state index in [2.05, 4.69) is 30.7 Å². The molecule has 1 aromatic carbocycles. The number of anilines is 1. The minimum atomic E-state index is -0.525. The molecule has 0 saturated heterocycles. The van der Waals surface area contributed by atoms with Crippen LogP contribution in [0.5, 0.6) is 0 Å². The highest BCUT2D eigenvalue weighted by atomic mass is 35.5. The van der Waals surface area contributed by atoms with Gasteiger partial charge in [-0.3, -0.25) is 9.78 Å². The fourth-order valence-corrected chi connectivity index (χ4v) is 1.64. The molecule has 0 bridgehead atoms. The van der Waals surface area contributed by atoms with Gasteiger partial charge in [0.2, 0.25) is 0 Å². The van der Waals surface area contributed by atoms with E-state index in [-0.39, 0.29) is 17.3 Å². The normalized spacial score (nSPS) is 11.4. The molecule has 0 aliphatic heterocycles. The van der Waals surface area contributed by atoms with Crippen LogP contribution >= 0.6 is 11.6 Å². The number of H-pyrrole nitrogens is 1. The van der Waals surface area contributed by atoms with Crippen molar-refractivity contribution in [2.24, 2.45) is 10.2 Å². The second-order valence-corrected chi connectivity index (χ2v) is 4.22. The van der Waals surface area contributed by atoms with Crippen LogP contribution < -0.4 is 11.3 Å². The number of nitrogens with two attached hydrogens (primary N) is 1. The summed E-state index contributed by atoms with van der Waals surface area (Å²) in [6.07, 6.45) is 0. The maximum atomic E-state index is 11.8. The summed E-state index contributed by atoms with van der Waals surface area (Å²) >= 11 is 5.76. The molecule has 0 saturated carbocycles. The van der Waals surface area contributed by atoms with Crippen molar-refractivity contribution in [3.05, 3.63) is 39.6 Å². The number of nitrogen functional groups attached to an aromatic ring is 1. The fraction of sp³-hybridized carbons (Fsp3) is 0. The van der Waals surface area contributed by atoms with Crippen LogP contribution in [0.15, 0.2) is 39.3 Å². The Bertz CT molecular complexity index is 850. The summed E-state index contributed by atoms with van der Waals surface area (Å²) in [7, 11) is 0. The SMILES string of the molecule is Nc1c(N=Nc2ccc(Cl)cc2)c(=O)[nH]c2nnnn12. The first-order valence-corrected chi connectivity index (χ1v) is 5.80. The standard InChI is InChI=1S/C10H7ClN8O/c11-5-1-3-6(4-2-5)14-15-7-8(12)19-10(13-9(7)20)16-17-18-19/h1-4H,12H2,(H,13,16,18,20). The molecule has 3 aromatic rings. The van der Waals surface area contributed by atoms with Gasteiger partial charge in [0.1, 0.15) is 0 Å². The monoisotopic (exact) mass is 290 g/mol. The van der Waals surface area contributed by atoms with Gasteiger partial charge in [0.15, 0.2) is 11.5 Å². The first-order chi connectivity index (χ1) is 9.65. The van der Waals surface area contributed by atoms with E-state index in [4.69, 9.17) is 17.3 Å². The average molecular weight is 291 g/mol. The van der Waals surface area contributed by atoms with E-state index in [1.807, 2.05) is 0 Å². The number of halogens is 1. The topological polar surface area (TPSA) is 127 Å². The second kappa shape index (κ2) is 4.70. The lowest BCUT2D eigenvalue weighted by atomic mass is 10.3. The minimum Gasteiger partial charge on any atom is -0.381 e. The third-order valence-corrected chi connectivity index (χ3v) is 2.72. The lowest BCUT2D eigenvalue weighted by molar-refractivity contribution is 0.826. The van der Waals surface area contributed by atoms with Gasteiger partial charge >= 0.3 is 0 Å². The predicted octanol–water partition coefficient (Wildman–Crippen LogP) is 1.46. The Kier molecular flexibility index (Phi) is 2.88. The van der Waals surface area contributed by atoms with Crippen LogP contribution in [0.25, 0.3) is 5.78 Å². The lowest BCUT2D eigenvalue weighted by Crippen LogP contribution is -2.13. The number of hydrogen-bond acceptors (Lipinski definition) is 7. The summed E-state index contributed by atoms with van der Waals surface area (Å²) in [6, 6.07) is 6.64. The average Bonchev–Trinajstić information content (AvgIpc) is 2.89. The van der Waals surface area contributed by atoms with Gasteiger partial charge in [-0.1, -0.05) is 16.7 Å². The van der Waals surface area contributed by atoms with Gasteiger partial charge in [-0.25, -0.2) is 0 Å². The number of tetrazole rings is 1. The Labute approximate surface area is 116 Å². The van der Waals surface area contributed by atoms with Gasteiger partial charge in [-0.15, -0.1) is 5.11 Å². The van der Waals surface area contributed by atoms with E-state index < -0.39 is 5.56 Å². The van der Waals surface area contributed by atoms with Crippen LogP contribution in [0, 0.1) is 0 Å². The summed E-state index contributed by atoms with van der Waals surface area (Å²) in [5.74, 6) is 0.143. The molecule has 3 N–H and O–H groups in total. The van der Waals surface area contributed by atoms with Crippen molar-refractivity contribution in [1.82, 2.24) is 25.0 Å². The van der Waals surface area contributed by atoms with Gasteiger partial charge in [-0.05, 0) is 34.7 Å². The van der Waals surface area contributed by atoms with E-state index in [9.17, 15) is 4.79 Å². The lowest BCUT2D eigenvalue weighted by Gasteiger charge is -1.99. The quantitative estimate of drug-likeness (QED) is 0.691. The number of nitrogens with one attached hydrogen (secondary N) is 1. The van der Waals surface area contributed by atoms with Gasteiger partial charge < -0.3 is 5.73 Å². The van der Waals surface area contributed by atoms with E-state index >= 15 is 0 Å². The highest BCUT2D eigenvalue weighted by Crippen LogP contribution is 2.21. The molecule has 0 spiro atoms. The summed E-state index contributed by atoms with van der Waals surface area (Å²) in [4.78, 5) is 14.2. The molecule has 0 radical (unpaired) electrons. The Hall–Kier alpha value is -2.81. The van der Waals surface area contributed by atoms with Crippen LogP contribution in [0.3, 0.4) is 0 Å². The van der Waals surface area contributed by atoms with E-state index in [1.54, 1.807) is 24.3 Å². The van der Waals surface area contributed by atoms with Crippen molar-refractivity contribution in [3.8, 4) is 0 Å². The van der Waals surface area contributed by atoms with Crippen LogP contribution in [0.1, 0.15) is 0 Å². The first kappa shape index (κ1) is 12.2. The second-order valence-electron chi connectivity index (χ2n) is 3.78. The fourth-order valence-electron chi connectivity index (χ4n) is 1.52. The molecule has 0 unspecified atom stereocenters. The maximum absolute atomic E-state index is 11.8. The van der Waals surface area contributed by atoms with E-state index in [1.165, 1.54) is 0 Å². The van der Waals surface area contributed by atoms with Crippen molar-refractivity contribution in [1.29, 1.82) is 0 Å². The zero-order valence-electron chi connectivity index (χ0n) is 9.86. The Morgan fingerprint density at radius 2 is 2.00 bits per heavy atom. The van der Waals surface area contributed by atoms with Gasteiger partial charge in [0.05, 0.1) is 5.69 Å². The Balaban J connectivity index is 2.06.